The second-order valence-electron chi connectivity index (χ2n) is 4.62. The summed E-state index contributed by atoms with van der Waals surface area (Å²) in [7, 11) is 0. The van der Waals surface area contributed by atoms with Gasteiger partial charge in [0.15, 0.2) is 5.76 Å². The monoisotopic (exact) mass is 307 g/mol. The average Bonchev–Trinajstić information content (AvgIpc) is 2.97. The average molecular weight is 307 g/mol. The summed E-state index contributed by atoms with van der Waals surface area (Å²) >= 11 is -2.22. The molecule has 2 aromatic rings. The van der Waals surface area contributed by atoms with E-state index in [0.717, 1.165) is 19.3 Å². The van der Waals surface area contributed by atoms with E-state index in [2.05, 4.69) is 12.2 Å². The highest BCUT2D eigenvalue weighted by Crippen LogP contribution is 2.15. The number of amides is 1. The highest BCUT2D eigenvalue weighted by atomic mass is 32.2. The molecule has 0 bridgehead atoms. The smallest absolute Gasteiger partial charge is 0.291 e. The molecule has 0 radical (unpaired) electrons. The second kappa shape index (κ2) is 7.19. The van der Waals surface area contributed by atoms with Crippen molar-refractivity contribution in [3.63, 3.8) is 0 Å². The van der Waals surface area contributed by atoms with Crippen molar-refractivity contribution < 1.29 is 18.0 Å². The summed E-state index contributed by atoms with van der Waals surface area (Å²) in [5, 5.41) is 2.54. The highest BCUT2D eigenvalue weighted by Gasteiger charge is 2.13. The summed E-state index contributed by atoms with van der Waals surface area (Å²) in [4.78, 5) is 11.9. The summed E-state index contributed by atoms with van der Waals surface area (Å²) in [5.41, 5.74) is 1.88. The molecule has 0 aliphatic heterocycles. The molecule has 6 heteroatoms. The van der Waals surface area contributed by atoms with Crippen LogP contribution in [0.25, 0.3) is 0 Å². The van der Waals surface area contributed by atoms with Gasteiger partial charge in [-0.3, -0.25) is 9.35 Å². The first kappa shape index (κ1) is 15.5. The molecule has 0 aliphatic carbocycles. The molecule has 2 rings (SSSR count). The number of hydrogen-bond acceptors (Lipinski definition) is 3. The van der Waals surface area contributed by atoms with Crippen molar-refractivity contribution in [3.05, 3.63) is 47.7 Å². The zero-order valence-corrected chi connectivity index (χ0v) is 12.5. The van der Waals surface area contributed by atoms with E-state index in [0.29, 0.717) is 5.69 Å². The van der Waals surface area contributed by atoms with Crippen LogP contribution in [0.1, 0.15) is 35.9 Å². The van der Waals surface area contributed by atoms with Gasteiger partial charge in [0, 0.05) is 5.69 Å². The van der Waals surface area contributed by atoms with E-state index in [1.807, 2.05) is 24.3 Å². The van der Waals surface area contributed by atoms with Crippen LogP contribution in [0.5, 0.6) is 0 Å². The molecule has 2 N–H and O–H groups in total. The van der Waals surface area contributed by atoms with Gasteiger partial charge in [-0.15, -0.1) is 0 Å². The van der Waals surface area contributed by atoms with Crippen LogP contribution in [0.2, 0.25) is 0 Å². The molecule has 1 aromatic carbocycles. The largest absolute Gasteiger partial charge is 0.440 e. The predicted octanol–water partition coefficient (Wildman–Crippen LogP) is 3.46. The molecule has 0 saturated carbocycles. The minimum atomic E-state index is -2.22. The third-order valence-electron chi connectivity index (χ3n) is 3.01. The van der Waals surface area contributed by atoms with Crippen molar-refractivity contribution in [2.75, 3.05) is 5.32 Å². The number of carbonyl (C=O) groups excluding carboxylic acids is 1. The summed E-state index contributed by atoms with van der Waals surface area (Å²) in [5.74, 6) is -0.449. The van der Waals surface area contributed by atoms with Crippen LogP contribution >= 0.6 is 0 Å². The normalized spacial score (nSPS) is 12.1. The molecule has 0 saturated heterocycles. The van der Waals surface area contributed by atoms with E-state index in [1.54, 1.807) is 0 Å². The van der Waals surface area contributed by atoms with Gasteiger partial charge in [-0.1, -0.05) is 25.5 Å². The van der Waals surface area contributed by atoms with Crippen LogP contribution < -0.4 is 5.32 Å². The lowest BCUT2D eigenvalue weighted by molar-refractivity contribution is 0.0991. The van der Waals surface area contributed by atoms with Crippen LogP contribution in [-0.2, 0) is 17.5 Å². The Balaban J connectivity index is 2.00. The van der Waals surface area contributed by atoms with Crippen molar-refractivity contribution in [2.24, 2.45) is 0 Å². The Morgan fingerprint density at radius 1 is 1.24 bits per heavy atom. The van der Waals surface area contributed by atoms with Crippen molar-refractivity contribution in [1.29, 1.82) is 0 Å². The Labute approximate surface area is 125 Å². The fraction of sp³-hybridized carbons (Fsp3) is 0.267. The van der Waals surface area contributed by atoms with Crippen molar-refractivity contribution in [3.8, 4) is 0 Å². The summed E-state index contributed by atoms with van der Waals surface area (Å²) < 4.78 is 24.7. The molecule has 1 atom stereocenters. The number of unbranched alkanes of at least 4 members (excludes halogenated alkanes) is 1. The second-order valence-corrected chi connectivity index (χ2v) is 5.52. The molecule has 112 valence electrons. The van der Waals surface area contributed by atoms with Gasteiger partial charge in [0.25, 0.3) is 5.91 Å². The first-order valence-corrected chi connectivity index (χ1v) is 7.82. The number of nitrogens with one attached hydrogen (secondary N) is 1. The Morgan fingerprint density at radius 2 is 1.95 bits per heavy atom. The van der Waals surface area contributed by atoms with E-state index < -0.39 is 17.0 Å². The minimum absolute atomic E-state index is 0.00228. The molecule has 1 aromatic heterocycles. The Morgan fingerprint density at radius 3 is 2.52 bits per heavy atom. The zero-order chi connectivity index (χ0) is 15.2. The molecule has 1 amide bonds. The maximum absolute atomic E-state index is 11.9. The van der Waals surface area contributed by atoms with Gasteiger partial charge in [0.1, 0.15) is 0 Å². The van der Waals surface area contributed by atoms with Gasteiger partial charge in [0.2, 0.25) is 16.2 Å². The fourth-order valence-electron chi connectivity index (χ4n) is 1.86. The van der Waals surface area contributed by atoms with Gasteiger partial charge in [-0.25, -0.2) is 4.21 Å². The summed E-state index contributed by atoms with van der Waals surface area (Å²) in [6.07, 6.45) is 3.30. The van der Waals surface area contributed by atoms with Crippen molar-refractivity contribution in [1.82, 2.24) is 0 Å². The molecular formula is C15H17NO4S. The first-order chi connectivity index (χ1) is 10.1. The van der Waals surface area contributed by atoms with Crippen LogP contribution in [0, 0.1) is 0 Å². The SMILES string of the molecule is CCCCc1ccc(NC(=O)c2ccc(S(=O)O)o2)cc1. The maximum Gasteiger partial charge on any atom is 0.291 e. The van der Waals surface area contributed by atoms with Gasteiger partial charge < -0.3 is 9.73 Å². The van der Waals surface area contributed by atoms with Crippen LogP contribution in [0.4, 0.5) is 5.69 Å². The molecule has 1 heterocycles. The van der Waals surface area contributed by atoms with Gasteiger partial charge >= 0.3 is 0 Å². The molecule has 5 nitrogen and oxygen atoms in total. The third kappa shape index (κ3) is 4.27. The van der Waals surface area contributed by atoms with Gasteiger partial charge in [0.05, 0.1) is 0 Å². The van der Waals surface area contributed by atoms with Crippen molar-refractivity contribution >= 4 is 22.7 Å². The Kier molecular flexibility index (Phi) is 5.30. The lowest BCUT2D eigenvalue weighted by Crippen LogP contribution is -2.10. The molecular weight excluding hydrogens is 290 g/mol. The molecule has 0 spiro atoms. The lowest BCUT2D eigenvalue weighted by atomic mass is 10.1. The number of furan rings is 1. The number of benzene rings is 1. The van der Waals surface area contributed by atoms with Crippen LogP contribution in [-0.4, -0.2) is 14.7 Å². The Hall–Kier alpha value is -1.92. The number of rotatable bonds is 6. The minimum Gasteiger partial charge on any atom is -0.440 e. The number of aryl methyl sites for hydroxylation is 1. The number of carbonyl (C=O) groups is 1. The standard InChI is InChI=1S/C15H17NO4S/c1-2-3-4-11-5-7-12(8-6-11)16-15(17)13-9-10-14(20-13)21(18)19/h5-10H,2-4H2,1H3,(H,16,17)(H,18,19). The lowest BCUT2D eigenvalue weighted by Gasteiger charge is -2.05. The predicted molar refractivity (Wildman–Crippen MR) is 80.8 cm³/mol. The number of anilines is 1. The highest BCUT2D eigenvalue weighted by molar-refractivity contribution is 7.79. The third-order valence-corrected chi connectivity index (χ3v) is 3.57. The van der Waals surface area contributed by atoms with E-state index >= 15 is 0 Å². The van der Waals surface area contributed by atoms with Crippen molar-refractivity contribution in [2.45, 2.75) is 31.3 Å². The van der Waals surface area contributed by atoms with Crippen LogP contribution in [0.15, 0.2) is 45.9 Å². The van der Waals surface area contributed by atoms with Gasteiger partial charge in [-0.2, -0.15) is 0 Å². The molecule has 0 fully saturated rings. The summed E-state index contributed by atoms with van der Waals surface area (Å²) in [6.45, 7) is 2.14. The van der Waals surface area contributed by atoms with Crippen LogP contribution in [0.3, 0.4) is 0 Å². The number of hydrogen-bond donors (Lipinski definition) is 2. The van der Waals surface area contributed by atoms with E-state index in [-0.39, 0.29) is 10.9 Å². The molecule has 0 aliphatic rings. The zero-order valence-electron chi connectivity index (χ0n) is 11.7. The topological polar surface area (TPSA) is 79.5 Å². The van der Waals surface area contributed by atoms with E-state index in [4.69, 9.17) is 8.97 Å². The van der Waals surface area contributed by atoms with Gasteiger partial charge in [-0.05, 0) is 42.7 Å². The Bertz CT molecular complexity index is 633. The first-order valence-electron chi connectivity index (χ1n) is 6.71. The maximum atomic E-state index is 11.9. The fourth-order valence-corrected chi connectivity index (χ4v) is 2.21. The summed E-state index contributed by atoms with van der Waals surface area (Å²) in [6, 6.07) is 10.3. The molecule has 21 heavy (non-hydrogen) atoms. The van der Waals surface area contributed by atoms with E-state index in [9.17, 15) is 9.00 Å². The quantitative estimate of drug-likeness (QED) is 0.801. The molecule has 1 unspecified atom stereocenters. The van der Waals surface area contributed by atoms with E-state index in [1.165, 1.54) is 17.7 Å².